The van der Waals surface area contributed by atoms with Gasteiger partial charge in [0.25, 0.3) is 60.7 Å². The number of phenolic OH excluding ortho intramolecular Hbond substituents is 2. The fourth-order valence-corrected chi connectivity index (χ4v) is 10.9. The monoisotopic (exact) mass is 1050 g/mol. The molecule has 0 aromatic heterocycles. The number of nitrogens with two attached hydrogens (primary N) is 2. The fourth-order valence-electron chi connectivity index (χ4n) is 6.52. The number of fused-ring (bicyclic) bond motifs is 2. The molecule has 0 saturated heterocycles. The first-order valence-corrected chi connectivity index (χ1v) is 25.9. The maximum Gasteiger partial charge on any atom is 1.00 e. The zero-order chi connectivity index (χ0) is 49.3. The molecular formula is C34H28N6NaO20S6+. The van der Waals surface area contributed by atoms with Gasteiger partial charge in [-0.2, -0.15) is 60.7 Å². The van der Waals surface area contributed by atoms with Crippen molar-refractivity contribution in [3.63, 3.8) is 0 Å². The summed E-state index contributed by atoms with van der Waals surface area (Å²) >= 11 is 0. The number of hydrogen-bond acceptors (Lipinski definition) is 20. The van der Waals surface area contributed by atoms with Gasteiger partial charge in [-0.1, -0.05) is 24.3 Å². The van der Waals surface area contributed by atoms with E-state index in [1.54, 1.807) is 0 Å². The molecule has 0 unspecified atom stereocenters. The van der Waals surface area contributed by atoms with Gasteiger partial charge >= 0.3 is 29.6 Å². The molecule has 0 aliphatic heterocycles. The molecular weight excluding hydrogens is 1030 g/mol. The maximum absolute atomic E-state index is 12.5. The van der Waals surface area contributed by atoms with E-state index in [4.69, 9.17) is 11.5 Å². The Morgan fingerprint density at radius 3 is 0.970 bits per heavy atom. The Morgan fingerprint density at radius 1 is 0.388 bits per heavy atom. The molecule has 33 heteroatoms. The van der Waals surface area contributed by atoms with Crippen LogP contribution in [0.4, 0.5) is 34.1 Å². The quantitative estimate of drug-likeness (QED) is 0.0340. The molecule has 0 heterocycles. The third kappa shape index (κ3) is 11.0. The number of azo groups is 2. The average molecular weight is 1060 g/mol. The molecule has 0 aliphatic rings. The number of aromatic hydroxyl groups is 2. The molecule has 0 amide bonds. The van der Waals surface area contributed by atoms with E-state index >= 15 is 0 Å². The summed E-state index contributed by atoms with van der Waals surface area (Å²) in [6, 6.07) is 10.7. The van der Waals surface area contributed by atoms with Gasteiger partial charge in [-0.15, -0.1) is 10.2 Å². The number of nitrogens with zero attached hydrogens (tertiary/aromatic N) is 4. The van der Waals surface area contributed by atoms with Gasteiger partial charge < -0.3 is 21.7 Å². The molecule has 6 aromatic rings. The SMILES string of the molecule is Nc1c(S(=O)(=O)O)cc(S(=O)(=O)O)c2ccc(N=Nc3ccc(CCc4ccc(N=Nc5ccc6c(S(=O)(=O)O)cc(S(=O)(=O)O)c(N)c6c5O)cc4S(=O)(=O)O)c(S(=O)(=O)O)c3)c(O)c12.[Na+]. The Kier molecular flexibility index (Phi) is 14.4. The predicted molar refractivity (Wildman–Crippen MR) is 228 cm³/mol. The maximum atomic E-state index is 12.5. The van der Waals surface area contributed by atoms with Crippen LogP contribution in [0, 0.1) is 0 Å². The Bertz CT molecular complexity index is 3620. The number of benzene rings is 6. The van der Waals surface area contributed by atoms with Crippen LogP contribution < -0.4 is 41.0 Å². The van der Waals surface area contributed by atoms with Crippen LogP contribution in [0.1, 0.15) is 11.1 Å². The molecule has 0 bridgehead atoms. The van der Waals surface area contributed by atoms with Crippen molar-refractivity contribution in [3.05, 3.63) is 83.9 Å². The molecule has 0 saturated carbocycles. The van der Waals surface area contributed by atoms with Crippen molar-refractivity contribution in [2.24, 2.45) is 20.5 Å². The molecule has 12 N–H and O–H groups in total. The average Bonchev–Trinajstić information content (AvgIpc) is 3.17. The van der Waals surface area contributed by atoms with E-state index in [9.17, 15) is 88.0 Å². The second-order valence-electron chi connectivity index (χ2n) is 13.6. The smallest absolute Gasteiger partial charge is 0.505 e. The van der Waals surface area contributed by atoms with Crippen LogP contribution in [0.3, 0.4) is 0 Å². The van der Waals surface area contributed by atoms with Gasteiger partial charge in [0, 0.05) is 10.8 Å². The molecule has 0 spiro atoms. The topological polar surface area (TPSA) is 468 Å². The minimum Gasteiger partial charge on any atom is -0.505 e. The number of anilines is 2. The minimum atomic E-state index is -5.22. The summed E-state index contributed by atoms with van der Waals surface area (Å²) in [5.41, 5.74) is 8.01. The molecule has 6 rings (SSSR count). The third-order valence-electron chi connectivity index (χ3n) is 9.42. The summed E-state index contributed by atoms with van der Waals surface area (Å²) in [5.74, 6) is -1.99. The summed E-state index contributed by atoms with van der Waals surface area (Å²) in [6.45, 7) is 0. The van der Waals surface area contributed by atoms with Gasteiger partial charge in [-0.05, 0) is 72.5 Å². The standard InChI is InChI=1S/C34H28N6O20S6.Na/c35-31-27(65(55,56)57)13-25(63(49,50)51)19-7-9-21(33(41)29(19)31)39-37-17-5-3-15(23(11-17)61(43,44)45)1-2-16-4-6-18(12-24(16)62(46,47)48)38-40-22-10-8-20-26(64(52,53)54)14-28(66(58,59)60)32(36)30(20)34(22)42;/h3-14,41-42H,1-2,35-36H2,(H,43,44,45)(H,46,47,48)(H,49,50,51)(H,52,53,54)(H,55,56,57)(H,58,59,60);/q;+1. The second kappa shape index (κ2) is 18.3. The van der Waals surface area contributed by atoms with Gasteiger partial charge in [0.15, 0.2) is 11.5 Å². The van der Waals surface area contributed by atoms with Crippen molar-refractivity contribution in [1.82, 2.24) is 0 Å². The second-order valence-corrected chi connectivity index (χ2v) is 22.0. The summed E-state index contributed by atoms with van der Waals surface area (Å²) < 4.78 is 204. The van der Waals surface area contributed by atoms with Crippen LogP contribution in [0.15, 0.2) is 123 Å². The van der Waals surface area contributed by atoms with Gasteiger partial charge in [0.05, 0.1) is 43.3 Å². The van der Waals surface area contributed by atoms with Gasteiger partial charge in [-0.25, -0.2) is 0 Å². The Balaban J connectivity index is 0.00000840. The normalized spacial score (nSPS) is 13.2. The van der Waals surface area contributed by atoms with E-state index in [1.165, 1.54) is 0 Å². The first-order chi connectivity index (χ1) is 30.2. The fraction of sp³-hybridized carbons (Fsp3) is 0.0588. The van der Waals surface area contributed by atoms with Gasteiger partial charge in [0.1, 0.15) is 31.0 Å². The molecule has 0 fully saturated rings. The number of aryl methyl sites for hydroxylation is 2. The van der Waals surface area contributed by atoms with Crippen molar-refractivity contribution < 1.29 is 118 Å². The van der Waals surface area contributed by atoms with Crippen molar-refractivity contribution >= 4 is 116 Å². The van der Waals surface area contributed by atoms with E-state index in [0.29, 0.717) is 12.1 Å². The number of rotatable bonds is 13. The van der Waals surface area contributed by atoms with E-state index in [-0.39, 0.29) is 64.9 Å². The van der Waals surface area contributed by atoms with Crippen LogP contribution in [0.2, 0.25) is 0 Å². The first-order valence-electron chi connectivity index (χ1n) is 17.3. The van der Waals surface area contributed by atoms with Crippen molar-refractivity contribution in [3.8, 4) is 11.5 Å². The number of hydrogen-bond donors (Lipinski definition) is 10. The Morgan fingerprint density at radius 2 is 0.687 bits per heavy atom. The summed E-state index contributed by atoms with van der Waals surface area (Å²) in [4.78, 5) is -6.06. The van der Waals surface area contributed by atoms with E-state index in [2.05, 4.69) is 20.5 Å². The Hall–Kier alpha value is -5.30. The first kappa shape index (κ1) is 52.7. The zero-order valence-electron chi connectivity index (χ0n) is 33.2. The molecule has 350 valence electrons. The number of nitrogen functional groups attached to an aromatic ring is 2. The van der Waals surface area contributed by atoms with Crippen molar-refractivity contribution in [2.45, 2.75) is 42.2 Å². The van der Waals surface area contributed by atoms with Gasteiger partial charge in [0.2, 0.25) is 0 Å². The third-order valence-corrected chi connectivity index (χ3v) is 14.9. The van der Waals surface area contributed by atoms with Crippen LogP contribution in [-0.4, -0.2) is 88.0 Å². The van der Waals surface area contributed by atoms with Crippen LogP contribution in [0.5, 0.6) is 11.5 Å². The minimum absolute atomic E-state index is 0. The molecule has 67 heavy (non-hydrogen) atoms. The molecule has 26 nitrogen and oxygen atoms in total. The van der Waals surface area contributed by atoms with Crippen LogP contribution >= 0.6 is 0 Å². The molecule has 6 aromatic carbocycles. The number of phenols is 2. The van der Waals surface area contributed by atoms with Crippen LogP contribution in [0.25, 0.3) is 21.5 Å². The predicted octanol–water partition coefficient (Wildman–Crippen LogP) is 1.67. The van der Waals surface area contributed by atoms with Crippen LogP contribution in [-0.2, 0) is 73.6 Å². The zero-order valence-corrected chi connectivity index (χ0v) is 40.1. The molecule has 0 aliphatic carbocycles. The largest absolute Gasteiger partial charge is 1.00 e. The molecule has 0 radical (unpaired) electrons. The van der Waals surface area contributed by atoms with Gasteiger partial charge in [-0.3, -0.25) is 27.3 Å². The molecule has 0 atom stereocenters. The Labute approximate surface area is 400 Å². The van der Waals surface area contributed by atoms with Crippen molar-refractivity contribution in [2.75, 3.05) is 11.5 Å². The van der Waals surface area contributed by atoms with Crippen molar-refractivity contribution in [1.29, 1.82) is 0 Å². The summed E-state index contributed by atoms with van der Waals surface area (Å²) in [7, 11) is -31.0. The summed E-state index contributed by atoms with van der Waals surface area (Å²) in [5, 5.41) is 34.6. The summed E-state index contributed by atoms with van der Waals surface area (Å²) in [6.07, 6.45) is -0.702. The van der Waals surface area contributed by atoms with E-state index in [1.807, 2.05) is 0 Å². The van der Waals surface area contributed by atoms with E-state index in [0.717, 1.165) is 60.7 Å². The van der Waals surface area contributed by atoms with E-state index < -0.39 is 146 Å².